The van der Waals surface area contributed by atoms with Crippen molar-refractivity contribution in [3.63, 3.8) is 0 Å². The molecule has 7 nitrogen and oxygen atoms in total. The summed E-state index contributed by atoms with van der Waals surface area (Å²) in [6.07, 6.45) is -0.614. The van der Waals surface area contributed by atoms with Crippen LogP contribution in [-0.4, -0.2) is 40.7 Å². The molecular weight excluding hydrogens is 546 g/mol. The van der Waals surface area contributed by atoms with Gasteiger partial charge < -0.3 is 14.6 Å². The Morgan fingerprint density at radius 3 is 2.50 bits per heavy atom. The molecule has 1 N–H and O–H groups in total. The van der Waals surface area contributed by atoms with Gasteiger partial charge in [0.1, 0.15) is 12.4 Å². The average Bonchev–Trinajstić information content (AvgIpc) is 3.18. The molecule has 0 radical (unpaired) electrons. The molecule has 0 aliphatic carbocycles. The predicted molar refractivity (Wildman–Crippen MR) is 142 cm³/mol. The van der Waals surface area contributed by atoms with E-state index < -0.39 is 12.1 Å². The second-order valence-corrected chi connectivity index (χ2v) is 9.93. The molecule has 0 amide bonds. The number of carbonyl (C=O) groups is 2. The Morgan fingerprint density at radius 1 is 1.06 bits per heavy atom. The van der Waals surface area contributed by atoms with Crippen LogP contribution >= 0.6 is 27.3 Å². The molecule has 0 saturated heterocycles. The van der Waals surface area contributed by atoms with E-state index in [-0.39, 0.29) is 23.7 Å². The molecule has 36 heavy (non-hydrogen) atoms. The normalized spacial score (nSPS) is 11.9. The van der Waals surface area contributed by atoms with E-state index in [9.17, 15) is 19.5 Å². The van der Waals surface area contributed by atoms with Crippen molar-refractivity contribution in [3.05, 3.63) is 97.6 Å². The fraction of sp³-hybridized carbons (Fsp3) is 0.222. The Morgan fingerprint density at radius 2 is 1.81 bits per heavy atom. The number of carboxylic acid groups (broad SMARTS) is 1. The smallest absolute Gasteiger partial charge is 0.333 e. The molecule has 1 atom stereocenters. The molecule has 0 aliphatic rings. The topological polar surface area (TPSA) is 94.8 Å². The van der Waals surface area contributed by atoms with Gasteiger partial charge in [-0.15, -0.1) is 0 Å². The Bertz CT molecular complexity index is 1440. The monoisotopic (exact) mass is 569 g/mol. The van der Waals surface area contributed by atoms with Crippen molar-refractivity contribution in [2.45, 2.75) is 26.0 Å². The maximum absolute atomic E-state index is 12.9. The zero-order chi connectivity index (χ0) is 25.7. The number of hydrogen-bond acceptors (Lipinski definition) is 6. The minimum absolute atomic E-state index is 0.103. The summed E-state index contributed by atoms with van der Waals surface area (Å²) in [4.78, 5) is 36.6. The van der Waals surface area contributed by atoms with E-state index in [1.54, 1.807) is 66.1 Å². The van der Waals surface area contributed by atoms with Crippen molar-refractivity contribution < 1.29 is 24.2 Å². The van der Waals surface area contributed by atoms with Crippen molar-refractivity contribution in [1.29, 1.82) is 0 Å². The second kappa shape index (κ2) is 11.6. The molecule has 1 unspecified atom stereocenters. The number of thiazole rings is 1. The number of carboxylic acids is 1. The molecule has 0 spiro atoms. The molecule has 4 rings (SSSR count). The van der Waals surface area contributed by atoms with E-state index in [1.165, 1.54) is 0 Å². The van der Waals surface area contributed by atoms with Crippen molar-refractivity contribution in [2.75, 3.05) is 13.2 Å². The third-order valence-corrected chi connectivity index (χ3v) is 7.02. The van der Waals surface area contributed by atoms with E-state index in [0.29, 0.717) is 30.0 Å². The second-order valence-electron chi connectivity index (χ2n) is 8.02. The number of carbonyl (C=O) groups excluding carboxylic acids is 1. The molecular formula is C27H24BrNO6S. The van der Waals surface area contributed by atoms with Gasteiger partial charge in [0.25, 0.3) is 0 Å². The van der Waals surface area contributed by atoms with Gasteiger partial charge in [0.2, 0.25) is 0 Å². The van der Waals surface area contributed by atoms with Crippen LogP contribution < -0.4 is 9.61 Å². The Labute approximate surface area is 220 Å². The van der Waals surface area contributed by atoms with E-state index in [1.807, 2.05) is 12.1 Å². The minimum atomic E-state index is -0.991. The lowest BCUT2D eigenvalue weighted by Crippen LogP contribution is -2.26. The number of fused-ring (bicyclic) bond motifs is 1. The van der Waals surface area contributed by atoms with Gasteiger partial charge in [-0.1, -0.05) is 51.5 Å². The van der Waals surface area contributed by atoms with Crippen molar-refractivity contribution >= 4 is 49.2 Å². The van der Waals surface area contributed by atoms with E-state index in [2.05, 4.69) is 15.9 Å². The first-order valence-electron chi connectivity index (χ1n) is 11.4. The highest BCUT2D eigenvalue weighted by Crippen LogP contribution is 2.22. The maximum Gasteiger partial charge on any atom is 0.333 e. The zero-order valence-electron chi connectivity index (χ0n) is 19.5. The molecule has 1 aromatic heterocycles. The lowest BCUT2D eigenvalue weighted by molar-refractivity contribution is -0.149. The standard InChI is InChI=1S/C27H24BrNO6S/c1-2-34-23(26(31)32)14-17-6-9-21(10-7-17)35-13-12-29-22-11-8-19(16-24(22)36-27(29)33)25(30)18-4-3-5-20(28)15-18/h3-11,15-16,23H,2,12-14H2,1H3,(H,31,32). The van der Waals surface area contributed by atoms with Crippen molar-refractivity contribution in [2.24, 2.45) is 0 Å². The molecule has 0 saturated carbocycles. The van der Waals surface area contributed by atoms with Crippen LogP contribution in [0.5, 0.6) is 5.75 Å². The fourth-order valence-electron chi connectivity index (χ4n) is 3.83. The number of halogens is 1. The third-order valence-electron chi connectivity index (χ3n) is 5.59. The van der Waals surface area contributed by atoms with Crippen LogP contribution in [0.25, 0.3) is 10.2 Å². The van der Waals surface area contributed by atoms with Crippen LogP contribution in [0.4, 0.5) is 0 Å². The van der Waals surface area contributed by atoms with E-state index in [4.69, 9.17) is 9.47 Å². The number of ketones is 1. The molecule has 1 heterocycles. The highest BCUT2D eigenvalue weighted by molar-refractivity contribution is 9.10. The number of benzene rings is 3. The van der Waals surface area contributed by atoms with Gasteiger partial charge in [0.05, 0.1) is 16.8 Å². The first-order chi connectivity index (χ1) is 17.4. The molecule has 0 aliphatic heterocycles. The van der Waals surface area contributed by atoms with Gasteiger partial charge in [0.15, 0.2) is 11.9 Å². The lowest BCUT2D eigenvalue weighted by atomic mass is 10.0. The van der Waals surface area contributed by atoms with Crippen LogP contribution in [-0.2, 0) is 22.5 Å². The fourth-order valence-corrected chi connectivity index (χ4v) is 5.18. The predicted octanol–water partition coefficient (Wildman–Crippen LogP) is 5.17. The summed E-state index contributed by atoms with van der Waals surface area (Å²) in [5, 5.41) is 9.23. The Hall–Kier alpha value is -3.27. The van der Waals surface area contributed by atoms with Gasteiger partial charge in [-0.2, -0.15) is 0 Å². The van der Waals surface area contributed by atoms with Gasteiger partial charge in [0, 0.05) is 28.6 Å². The number of nitrogens with zero attached hydrogens (tertiary/aromatic N) is 1. The summed E-state index contributed by atoms with van der Waals surface area (Å²) >= 11 is 4.49. The minimum Gasteiger partial charge on any atom is -0.492 e. The highest BCUT2D eigenvalue weighted by Gasteiger charge is 2.18. The molecule has 0 fully saturated rings. The van der Waals surface area contributed by atoms with Gasteiger partial charge in [-0.3, -0.25) is 14.2 Å². The summed E-state index contributed by atoms with van der Waals surface area (Å²) in [5.41, 5.74) is 2.69. The summed E-state index contributed by atoms with van der Waals surface area (Å²) in [6, 6.07) is 19.7. The number of aromatic nitrogens is 1. The first-order valence-corrected chi connectivity index (χ1v) is 13.0. The molecule has 4 aromatic rings. The number of aliphatic carboxylic acids is 1. The molecule has 9 heteroatoms. The summed E-state index contributed by atoms with van der Waals surface area (Å²) in [7, 11) is 0. The van der Waals surface area contributed by atoms with E-state index in [0.717, 1.165) is 31.6 Å². The van der Waals surface area contributed by atoms with Crippen molar-refractivity contribution in [3.8, 4) is 5.75 Å². The number of hydrogen-bond donors (Lipinski definition) is 1. The van der Waals surface area contributed by atoms with Crippen LogP contribution in [0.15, 0.2) is 76.0 Å². The average molecular weight is 570 g/mol. The van der Waals surface area contributed by atoms with Crippen LogP contribution in [0.2, 0.25) is 0 Å². The SMILES string of the molecule is CCOC(Cc1ccc(OCCn2c(=O)sc3cc(C(=O)c4cccc(Br)c4)ccc32)cc1)C(=O)O. The summed E-state index contributed by atoms with van der Waals surface area (Å²) in [5.74, 6) is -0.472. The number of ether oxygens (including phenoxy) is 2. The van der Waals surface area contributed by atoms with Gasteiger partial charge >= 0.3 is 10.8 Å². The third kappa shape index (κ3) is 6.10. The highest BCUT2D eigenvalue weighted by atomic mass is 79.9. The number of rotatable bonds is 11. The zero-order valence-corrected chi connectivity index (χ0v) is 21.9. The van der Waals surface area contributed by atoms with Crippen LogP contribution in [0, 0.1) is 0 Å². The molecule has 0 bridgehead atoms. The largest absolute Gasteiger partial charge is 0.492 e. The van der Waals surface area contributed by atoms with Gasteiger partial charge in [-0.25, -0.2) is 4.79 Å². The van der Waals surface area contributed by atoms with Crippen molar-refractivity contribution in [1.82, 2.24) is 4.57 Å². The summed E-state index contributed by atoms with van der Waals surface area (Å²) < 4.78 is 14.3. The first kappa shape index (κ1) is 25.8. The quantitative estimate of drug-likeness (QED) is 0.250. The van der Waals surface area contributed by atoms with Gasteiger partial charge in [-0.05, 0) is 55.0 Å². The Balaban J connectivity index is 1.40. The lowest BCUT2D eigenvalue weighted by Gasteiger charge is -2.13. The molecule has 186 valence electrons. The van der Waals surface area contributed by atoms with Crippen LogP contribution in [0.3, 0.4) is 0 Å². The van der Waals surface area contributed by atoms with E-state index >= 15 is 0 Å². The van der Waals surface area contributed by atoms with Crippen LogP contribution in [0.1, 0.15) is 28.4 Å². The Kier molecular flexibility index (Phi) is 8.35. The summed E-state index contributed by atoms with van der Waals surface area (Å²) in [6.45, 7) is 2.72. The maximum atomic E-state index is 12.9. The molecule has 3 aromatic carbocycles.